The van der Waals surface area contributed by atoms with Crippen molar-refractivity contribution in [3.05, 3.63) is 0 Å². The summed E-state index contributed by atoms with van der Waals surface area (Å²) >= 11 is 0. The first-order valence-corrected chi connectivity index (χ1v) is 8.43. The van der Waals surface area contributed by atoms with Gasteiger partial charge < -0.3 is 14.2 Å². The van der Waals surface area contributed by atoms with Gasteiger partial charge in [0.25, 0.3) is 0 Å². The zero-order chi connectivity index (χ0) is 15.3. The van der Waals surface area contributed by atoms with Crippen LogP contribution in [0.2, 0.25) is 0 Å². The van der Waals surface area contributed by atoms with Crippen LogP contribution in [0.4, 0.5) is 0 Å². The first-order valence-electron chi connectivity index (χ1n) is 8.43. The highest BCUT2D eigenvalue weighted by Gasteiger charge is 2.27. The van der Waals surface area contributed by atoms with E-state index in [9.17, 15) is 0 Å². The molecule has 0 spiro atoms. The first kappa shape index (κ1) is 19.9. The van der Waals surface area contributed by atoms with Gasteiger partial charge in [0, 0.05) is 26.4 Å². The van der Waals surface area contributed by atoms with Crippen LogP contribution in [0.15, 0.2) is 0 Å². The molecule has 3 nitrogen and oxygen atoms in total. The van der Waals surface area contributed by atoms with Gasteiger partial charge in [-0.3, -0.25) is 0 Å². The van der Waals surface area contributed by atoms with Gasteiger partial charge in [-0.25, -0.2) is 0 Å². The smallest absolute Gasteiger partial charge is 0.0681 e. The van der Waals surface area contributed by atoms with Gasteiger partial charge in [-0.2, -0.15) is 0 Å². The van der Waals surface area contributed by atoms with E-state index in [1.54, 1.807) is 0 Å². The lowest BCUT2D eigenvalue weighted by Crippen LogP contribution is -2.33. The zero-order valence-electron chi connectivity index (χ0n) is 14.4. The second kappa shape index (κ2) is 12.6. The van der Waals surface area contributed by atoms with E-state index in [1.807, 2.05) is 0 Å². The number of hydrogen-bond donors (Lipinski definition) is 0. The summed E-state index contributed by atoms with van der Waals surface area (Å²) in [6.07, 6.45) is 6.80. The van der Waals surface area contributed by atoms with Crippen molar-refractivity contribution in [1.29, 1.82) is 0 Å². The molecule has 0 aliphatic heterocycles. The summed E-state index contributed by atoms with van der Waals surface area (Å²) in [5, 5.41) is 0. The lowest BCUT2D eigenvalue weighted by atomic mass is 9.89. The summed E-state index contributed by atoms with van der Waals surface area (Å²) in [5.74, 6) is 0. The topological polar surface area (TPSA) is 27.7 Å². The Morgan fingerprint density at radius 2 is 1.55 bits per heavy atom. The Balaban J connectivity index is 4.06. The van der Waals surface area contributed by atoms with E-state index in [4.69, 9.17) is 14.2 Å². The second-order valence-electron chi connectivity index (χ2n) is 5.71. The Hall–Kier alpha value is -0.120. The van der Waals surface area contributed by atoms with E-state index < -0.39 is 0 Å². The molecule has 0 aliphatic carbocycles. The van der Waals surface area contributed by atoms with Crippen LogP contribution in [-0.4, -0.2) is 38.1 Å². The van der Waals surface area contributed by atoms with E-state index >= 15 is 0 Å². The van der Waals surface area contributed by atoms with Gasteiger partial charge in [-0.05, 0) is 59.3 Å². The molecule has 0 amide bonds. The molecule has 0 heterocycles. The lowest BCUT2D eigenvalue weighted by molar-refractivity contribution is -0.0654. The van der Waals surface area contributed by atoms with Crippen molar-refractivity contribution in [2.75, 3.05) is 26.4 Å². The number of rotatable bonds is 14. The Morgan fingerprint density at radius 3 is 2.05 bits per heavy atom. The van der Waals surface area contributed by atoms with Crippen LogP contribution >= 0.6 is 0 Å². The summed E-state index contributed by atoms with van der Waals surface area (Å²) in [6, 6.07) is 0. The predicted octanol–water partition coefficient (Wildman–Crippen LogP) is 4.58. The Bertz CT molecular complexity index is 206. The molecule has 0 saturated carbocycles. The second-order valence-corrected chi connectivity index (χ2v) is 5.71. The van der Waals surface area contributed by atoms with E-state index in [2.05, 4.69) is 34.6 Å². The highest BCUT2D eigenvalue weighted by atomic mass is 16.5. The third kappa shape index (κ3) is 9.73. The number of hydrogen-bond acceptors (Lipinski definition) is 3. The van der Waals surface area contributed by atoms with Crippen molar-refractivity contribution in [2.45, 2.75) is 84.8 Å². The van der Waals surface area contributed by atoms with Gasteiger partial charge in [0.2, 0.25) is 0 Å². The van der Waals surface area contributed by atoms with Gasteiger partial charge in [0.05, 0.1) is 11.7 Å². The molecule has 0 N–H and O–H groups in total. The fourth-order valence-corrected chi connectivity index (χ4v) is 2.49. The molecule has 0 aromatic rings. The highest BCUT2D eigenvalue weighted by Crippen LogP contribution is 2.28. The quantitative estimate of drug-likeness (QED) is 0.438. The van der Waals surface area contributed by atoms with Gasteiger partial charge in [0.15, 0.2) is 0 Å². The minimum Gasteiger partial charge on any atom is -0.381 e. The minimum atomic E-state index is 0.0185. The highest BCUT2D eigenvalue weighted by molar-refractivity contribution is 4.79. The summed E-state index contributed by atoms with van der Waals surface area (Å²) in [7, 11) is 0. The van der Waals surface area contributed by atoms with Crippen molar-refractivity contribution in [3.8, 4) is 0 Å². The Morgan fingerprint density at radius 1 is 0.900 bits per heavy atom. The molecule has 1 atom stereocenters. The SMILES string of the molecule is CCCOCCCC(CC)(CCCOC(C)C)OCC. The van der Waals surface area contributed by atoms with E-state index in [-0.39, 0.29) is 5.60 Å². The molecule has 122 valence electrons. The molecule has 0 radical (unpaired) electrons. The third-order valence-electron chi connectivity index (χ3n) is 3.59. The molecule has 0 aromatic heterocycles. The van der Waals surface area contributed by atoms with Crippen LogP contribution in [-0.2, 0) is 14.2 Å². The molecule has 0 aliphatic rings. The average molecular weight is 288 g/mol. The monoisotopic (exact) mass is 288 g/mol. The summed E-state index contributed by atoms with van der Waals surface area (Å²) in [4.78, 5) is 0. The summed E-state index contributed by atoms with van der Waals surface area (Å²) < 4.78 is 17.3. The van der Waals surface area contributed by atoms with E-state index in [0.717, 1.165) is 65.0 Å². The lowest BCUT2D eigenvalue weighted by Gasteiger charge is -2.33. The maximum atomic E-state index is 6.08. The van der Waals surface area contributed by atoms with Crippen molar-refractivity contribution in [2.24, 2.45) is 0 Å². The normalized spacial score (nSPS) is 14.7. The standard InChI is InChI=1S/C17H36O3/c1-6-13-18-14-9-11-17(7-2,20-8-3)12-10-15-19-16(4)5/h16H,6-15H2,1-5H3. The van der Waals surface area contributed by atoms with Crippen LogP contribution in [0.5, 0.6) is 0 Å². The maximum Gasteiger partial charge on any atom is 0.0681 e. The van der Waals surface area contributed by atoms with Crippen LogP contribution < -0.4 is 0 Å². The van der Waals surface area contributed by atoms with Crippen molar-refractivity contribution in [1.82, 2.24) is 0 Å². The maximum absolute atomic E-state index is 6.08. The van der Waals surface area contributed by atoms with Crippen molar-refractivity contribution in [3.63, 3.8) is 0 Å². The van der Waals surface area contributed by atoms with Gasteiger partial charge in [-0.15, -0.1) is 0 Å². The fraction of sp³-hybridized carbons (Fsp3) is 1.00. The Labute approximate surface area is 126 Å². The molecular weight excluding hydrogens is 252 g/mol. The van der Waals surface area contributed by atoms with Crippen molar-refractivity contribution >= 4 is 0 Å². The first-order chi connectivity index (χ1) is 9.60. The molecule has 0 bridgehead atoms. The average Bonchev–Trinajstić information content (AvgIpc) is 2.43. The molecular formula is C17H36O3. The molecule has 0 saturated heterocycles. The summed E-state index contributed by atoms with van der Waals surface area (Å²) in [5.41, 5.74) is 0.0185. The van der Waals surface area contributed by atoms with Crippen LogP contribution in [0.3, 0.4) is 0 Å². The fourth-order valence-electron chi connectivity index (χ4n) is 2.49. The molecule has 0 rings (SSSR count). The van der Waals surface area contributed by atoms with Gasteiger partial charge in [-0.1, -0.05) is 13.8 Å². The van der Waals surface area contributed by atoms with Crippen LogP contribution in [0, 0.1) is 0 Å². The zero-order valence-corrected chi connectivity index (χ0v) is 14.4. The van der Waals surface area contributed by atoms with E-state index in [1.165, 1.54) is 0 Å². The molecule has 0 aromatic carbocycles. The van der Waals surface area contributed by atoms with Crippen LogP contribution in [0.1, 0.15) is 73.1 Å². The summed E-state index contributed by atoms with van der Waals surface area (Å²) in [6.45, 7) is 14.0. The van der Waals surface area contributed by atoms with Gasteiger partial charge in [0.1, 0.15) is 0 Å². The van der Waals surface area contributed by atoms with Crippen molar-refractivity contribution < 1.29 is 14.2 Å². The predicted molar refractivity (Wildman–Crippen MR) is 85.3 cm³/mol. The van der Waals surface area contributed by atoms with Crippen LogP contribution in [0.25, 0.3) is 0 Å². The minimum absolute atomic E-state index is 0.0185. The number of ether oxygens (including phenoxy) is 3. The largest absolute Gasteiger partial charge is 0.381 e. The third-order valence-corrected chi connectivity index (χ3v) is 3.59. The molecule has 0 fully saturated rings. The molecule has 1 unspecified atom stereocenters. The molecule has 3 heteroatoms. The Kier molecular flexibility index (Phi) is 12.5. The van der Waals surface area contributed by atoms with E-state index in [0.29, 0.717) is 6.10 Å². The molecule has 20 heavy (non-hydrogen) atoms. The van der Waals surface area contributed by atoms with Gasteiger partial charge >= 0.3 is 0 Å².